The third-order valence-electron chi connectivity index (χ3n) is 3.44. The van der Waals surface area contributed by atoms with Crippen LogP contribution in [0.15, 0.2) is 41.2 Å². The van der Waals surface area contributed by atoms with Gasteiger partial charge in [-0.1, -0.05) is 19.6 Å². The Labute approximate surface area is 103 Å². The maximum Gasteiger partial charge on any atom is 0.129 e. The molecule has 1 aliphatic heterocycles. The second-order valence-electron chi connectivity index (χ2n) is 4.21. The first kappa shape index (κ1) is 13.5. The summed E-state index contributed by atoms with van der Waals surface area (Å²) in [5.41, 5.74) is 7.44. The molecule has 94 valence electrons. The van der Waals surface area contributed by atoms with E-state index in [1.165, 1.54) is 0 Å². The van der Waals surface area contributed by atoms with Crippen molar-refractivity contribution in [1.82, 2.24) is 4.90 Å². The molecule has 3 N–H and O–H groups in total. The van der Waals surface area contributed by atoms with E-state index in [2.05, 4.69) is 18.5 Å². The van der Waals surface area contributed by atoms with Crippen molar-refractivity contribution >= 4 is 5.84 Å². The van der Waals surface area contributed by atoms with Crippen molar-refractivity contribution in [3.05, 3.63) is 36.2 Å². The Kier molecular flexibility index (Phi) is 4.12. The lowest BCUT2D eigenvalue weighted by molar-refractivity contribution is 0.230. The first-order chi connectivity index (χ1) is 8.02. The number of hydrogen-bond acceptors (Lipinski definition) is 4. The van der Waals surface area contributed by atoms with E-state index in [1.54, 1.807) is 12.2 Å². The maximum atomic E-state index is 9.39. The average Bonchev–Trinajstić information content (AvgIpc) is 2.63. The molecule has 1 aliphatic rings. The lowest BCUT2D eigenvalue weighted by Crippen LogP contribution is -2.53. The zero-order valence-corrected chi connectivity index (χ0v) is 10.8. The normalized spacial score (nSPS) is 24.4. The number of aliphatic hydroxyl groups excluding tert-OH is 1. The lowest BCUT2D eigenvalue weighted by atomic mass is 9.89. The number of nitrogens with two attached hydrogens (primary N) is 1. The monoisotopic (exact) mass is 235 g/mol. The Hall–Kier alpha value is -1.55. The average molecular weight is 235 g/mol. The summed E-state index contributed by atoms with van der Waals surface area (Å²) >= 11 is 0. The summed E-state index contributed by atoms with van der Waals surface area (Å²) in [5, 5.41) is 9.39. The van der Waals surface area contributed by atoms with Gasteiger partial charge in [-0.25, -0.2) is 4.99 Å². The quantitative estimate of drug-likeness (QED) is 0.708. The first-order valence-corrected chi connectivity index (χ1v) is 5.71. The van der Waals surface area contributed by atoms with Crippen LogP contribution in [0.2, 0.25) is 0 Å². The summed E-state index contributed by atoms with van der Waals surface area (Å²) in [6, 6.07) is 0. The second kappa shape index (κ2) is 5.19. The molecule has 0 saturated carbocycles. The fraction of sp³-hybridized carbons (Fsp3) is 0.462. The summed E-state index contributed by atoms with van der Waals surface area (Å²) < 4.78 is 0. The molecule has 0 aromatic rings. The zero-order chi connectivity index (χ0) is 13.1. The van der Waals surface area contributed by atoms with Crippen molar-refractivity contribution in [3.63, 3.8) is 0 Å². The molecule has 0 saturated heterocycles. The fourth-order valence-electron chi connectivity index (χ4n) is 2.08. The molecule has 0 amide bonds. The van der Waals surface area contributed by atoms with Crippen LogP contribution in [-0.4, -0.2) is 35.0 Å². The van der Waals surface area contributed by atoms with Gasteiger partial charge in [0.25, 0.3) is 0 Å². The summed E-state index contributed by atoms with van der Waals surface area (Å²) in [6.45, 7) is 7.68. The predicted molar refractivity (Wildman–Crippen MR) is 71.5 cm³/mol. The summed E-state index contributed by atoms with van der Waals surface area (Å²) in [6.07, 6.45) is 6.12. The van der Waals surface area contributed by atoms with Crippen LogP contribution in [0.1, 0.15) is 20.3 Å². The van der Waals surface area contributed by atoms with E-state index in [1.807, 2.05) is 25.1 Å². The fourth-order valence-corrected chi connectivity index (χ4v) is 2.08. The van der Waals surface area contributed by atoms with E-state index in [0.717, 1.165) is 17.7 Å². The van der Waals surface area contributed by atoms with Crippen LogP contribution in [0.25, 0.3) is 0 Å². The molecule has 0 radical (unpaired) electrons. The molecule has 0 bridgehead atoms. The standard InChI is InChI=1S/C13H21N3O/c1-5-7-11(9-17)16(4)13(3)10(6-2)8-15-12(13)14/h5,7-8,17H,1,6,9H2,2-4H3,(H2,14,15)/b11-7-/t13-/m1/s1. The van der Waals surface area contributed by atoms with Crippen molar-refractivity contribution in [2.24, 2.45) is 10.7 Å². The molecule has 4 nitrogen and oxygen atoms in total. The highest BCUT2D eigenvalue weighted by Gasteiger charge is 2.40. The second-order valence-corrected chi connectivity index (χ2v) is 4.21. The van der Waals surface area contributed by atoms with Gasteiger partial charge >= 0.3 is 0 Å². The SMILES string of the molecule is C=C/C=C(/CO)N(C)[C@]1(C)C(CC)=CN=C1N. The largest absolute Gasteiger partial charge is 0.390 e. The number of amidine groups is 1. The van der Waals surface area contributed by atoms with Crippen LogP contribution in [0.4, 0.5) is 0 Å². The van der Waals surface area contributed by atoms with E-state index in [4.69, 9.17) is 5.73 Å². The summed E-state index contributed by atoms with van der Waals surface area (Å²) in [7, 11) is 1.91. The van der Waals surface area contributed by atoms with E-state index in [-0.39, 0.29) is 6.61 Å². The molecule has 0 unspecified atom stereocenters. The number of allylic oxidation sites excluding steroid dienone is 2. The van der Waals surface area contributed by atoms with Gasteiger partial charge in [0.05, 0.1) is 6.61 Å². The molecule has 1 rings (SSSR count). The lowest BCUT2D eigenvalue weighted by Gasteiger charge is -2.40. The minimum atomic E-state index is -0.452. The molecule has 1 heterocycles. The van der Waals surface area contributed by atoms with Gasteiger partial charge in [-0.15, -0.1) is 0 Å². The van der Waals surface area contributed by atoms with Crippen LogP contribution in [-0.2, 0) is 0 Å². The molecule has 0 spiro atoms. The summed E-state index contributed by atoms with van der Waals surface area (Å²) in [4.78, 5) is 6.15. The number of aliphatic imine (C=N–C) groups is 1. The molecule has 0 aliphatic carbocycles. The predicted octanol–water partition coefficient (Wildman–Crippen LogP) is 1.40. The van der Waals surface area contributed by atoms with E-state index >= 15 is 0 Å². The molecule has 4 heteroatoms. The van der Waals surface area contributed by atoms with Gasteiger partial charge in [-0.2, -0.15) is 0 Å². The minimum Gasteiger partial charge on any atom is -0.390 e. The van der Waals surface area contributed by atoms with E-state index in [0.29, 0.717) is 5.84 Å². The first-order valence-electron chi connectivity index (χ1n) is 5.71. The van der Waals surface area contributed by atoms with E-state index < -0.39 is 5.54 Å². The van der Waals surface area contributed by atoms with Crippen LogP contribution in [0.3, 0.4) is 0 Å². The van der Waals surface area contributed by atoms with Crippen molar-refractivity contribution in [2.75, 3.05) is 13.7 Å². The van der Waals surface area contributed by atoms with Gasteiger partial charge in [0.2, 0.25) is 0 Å². The van der Waals surface area contributed by atoms with Crippen molar-refractivity contribution in [2.45, 2.75) is 25.8 Å². The number of aliphatic hydroxyl groups is 1. The Balaban J connectivity index is 3.13. The highest BCUT2D eigenvalue weighted by Crippen LogP contribution is 2.32. The molecule has 0 aromatic heterocycles. The van der Waals surface area contributed by atoms with Gasteiger partial charge in [-0.3, -0.25) is 0 Å². The van der Waals surface area contributed by atoms with Crippen LogP contribution in [0, 0.1) is 0 Å². The topological polar surface area (TPSA) is 61.8 Å². The minimum absolute atomic E-state index is 0.0532. The Morgan fingerprint density at radius 3 is 2.82 bits per heavy atom. The Morgan fingerprint density at radius 1 is 1.71 bits per heavy atom. The van der Waals surface area contributed by atoms with E-state index in [9.17, 15) is 5.11 Å². The molecular formula is C13H21N3O. The zero-order valence-electron chi connectivity index (χ0n) is 10.8. The number of rotatable bonds is 5. The smallest absolute Gasteiger partial charge is 0.129 e. The number of nitrogens with zero attached hydrogens (tertiary/aromatic N) is 2. The maximum absolute atomic E-state index is 9.39. The Morgan fingerprint density at radius 2 is 2.35 bits per heavy atom. The van der Waals surface area contributed by atoms with Gasteiger partial charge in [0.15, 0.2) is 0 Å². The van der Waals surface area contributed by atoms with Gasteiger partial charge in [0, 0.05) is 18.9 Å². The molecule has 0 fully saturated rings. The van der Waals surface area contributed by atoms with Crippen molar-refractivity contribution < 1.29 is 5.11 Å². The third-order valence-corrected chi connectivity index (χ3v) is 3.44. The van der Waals surface area contributed by atoms with Gasteiger partial charge in [0.1, 0.15) is 11.4 Å². The van der Waals surface area contributed by atoms with Gasteiger partial charge < -0.3 is 15.7 Å². The Bertz CT molecular complexity index is 395. The van der Waals surface area contributed by atoms with Crippen molar-refractivity contribution in [3.8, 4) is 0 Å². The molecular weight excluding hydrogens is 214 g/mol. The molecule has 17 heavy (non-hydrogen) atoms. The summed E-state index contributed by atoms with van der Waals surface area (Å²) in [5.74, 6) is 0.556. The number of hydrogen-bond donors (Lipinski definition) is 2. The van der Waals surface area contributed by atoms with Crippen LogP contribution >= 0.6 is 0 Å². The number of likely N-dealkylation sites (N-methyl/N-ethyl adjacent to an activating group) is 1. The highest BCUT2D eigenvalue weighted by molar-refractivity contribution is 5.96. The highest BCUT2D eigenvalue weighted by atomic mass is 16.3. The van der Waals surface area contributed by atoms with Gasteiger partial charge in [-0.05, 0) is 25.0 Å². The van der Waals surface area contributed by atoms with Crippen molar-refractivity contribution in [1.29, 1.82) is 0 Å². The van der Waals surface area contributed by atoms with Crippen LogP contribution < -0.4 is 5.73 Å². The van der Waals surface area contributed by atoms with Crippen LogP contribution in [0.5, 0.6) is 0 Å². The third kappa shape index (κ3) is 2.13. The molecule has 1 atom stereocenters. The molecule has 0 aromatic carbocycles.